The highest BCUT2D eigenvalue weighted by Crippen LogP contribution is 2.42. The number of likely N-dealkylation sites (tertiary alicyclic amines) is 1. The first-order chi connectivity index (χ1) is 21.3. The van der Waals surface area contributed by atoms with Crippen LogP contribution in [0.1, 0.15) is 72.3 Å². The molecule has 1 aromatic carbocycles. The number of aliphatic hydroxyl groups excluding tert-OH is 1. The van der Waals surface area contributed by atoms with E-state index in [4.69, 9.17) is 0 Å². The highest BCUT2D eigenvalue weighted by Gasteiger charge is 2.51. The standard InChI is InChI=1S/C33H48N4O8/c1-6-11-23(28(39)31(42)35-24(33(44)45)16-20-12-8-7-9-13-20)34-29(40)26-22-15-10-14-21(22)17-37(26)32(43)25(18(2)3)36-30(41)27(38)19(4)5/h7-9,12-13,18-19,21-27,38H,6,10-11,14-17H2,1-5H3,(H,34,40)(H,35,42)(H,36,41)(H,44,45)/t21-,22-,23?,24-,25-,26?,27+/m0/s1. The molecule has 4 amide bonds. The number of hydrogen-bond acceptors (Lipinski definition) is 7. The Kier molecular flexibility index (Phi) is 12.7. The van der Waals surface area contributed by atoms with Gasteiger partial charge in [0.05, 0.1) is 6.04 Å². The van der Waals surface area contributed by atoms with Crippen LogP contribution in [0.5, 0.6) is 0 Å². The lowest BCUT2D eigenvalue weighted by Gasteiger charge is -2.33. The molecule has 1 aliphatic carbocycles. The van der Waals surface area contributed by atoms with Crippen LogP contribution in [-0.4, -0.2) is 87.3 Å². The zero-order chi connectivity index (χ0) is 33.4. The summed E-state index contributed by atoms with van der Waals surface area (Å²) in [7, 11) is 0. The van der Waals surface area contributed by atoms with E-state index in [0.717, 1.165) is 12.8 Å². The van der Waals surface area contributed by atoms with Crippen molar-refractivity contribution in [3.63, 3.8) is 0 Å². The summed E-state index contributed by atoms with van der Waals surface area (Å²) in [5.41, 5.74) is 0.669. The van der Waals surface area contributed by atoms with E-state index in [9.17, 15) is 39.0 Å². The molecule has 2 unspecified atom stereocenters. The van der Waals surface area contributed by atoms with Gasteiger partial charge in [0.25, 0.3) is 5.91 Å². The van der Waals surface area contributed by atoms with E-state index in [2.05, 4.69) is 16.0 Å². The number of Topliss-reactive ketones (excluding diaryl/α,β-unsaturated/α-hetero) is 1. The molecule has 1 heterocycles. The van der Waals surface area contributed by atoms with Crippen LogP contribution < -0.4 is 16.0 Å². The maximum Gasteiger partial charge on any atom is 0.326 e. The third kappa shape index (κ3) is 8.90. The van der Waals surface area contributed by atoms with Crippen LogP contribution in [0.2, 0.25) is 0 Å². The molecule has 1 saturated carbocycles. The largest absolute Gasteiger partial charge is 0.480 e. The molecule has 2 fully saturated rings. The number of nitrogens with one attached hydrogen (secondary N) is 3. The van der Waals surface area contributed by atoms with Crippen LogP contribution in [-0.2, 0) is 35.2 Å². The van der Waals surface area contributed by atoms with Gasteiger partial charge in [0.2, 0.25) is 23.5 Å². The van der Waals surface area contributed by atoms with Gasteiger partial charge >= 0.3 is 5.97 Å². The number of amides is 4. The van der Waals surface area contributed by atoms with E-state index in [1.807, 2.05) is 0 Å². The van der Waals surface area contributed by atoms with Crippen LogP contribution in [0, 0.1) is 23.7 Å². The third-order valence-electron chi connectivity index (χ3n) is 8.89. The number of ketones is 1. The molecule has 0 spiro atoms. The monoisotopic (exact) mass is 628 g/mol. The van der Waals surface area contributed by atoms with Crippen molar-refractivity contribution in [2.45, 2.75) is 103 Å². The Labute approximate surface area is 264 Å². The minimum Gasteiger partial charge on any atom is -0.480 e. The predicted molar refractivity (Wildman–Crippen MR) is 166 cm³/mol. The third-order valence-corrected chi connectivity index (χ3v) is 8.89. The number of fused-ring (bicyclic) bond motifs is 1. The molecule has 1 aliphatic heterocycles. The van der Waals surface area contributed by atoms with E-state index in [0.29, 0.717) is 24.9 Å². The highest BCUT2D eigenvalue weighted by molar-refractivity contribution is 6.38. The van der Waals surface area contributed by atoms with Gasteiger partial charge in [0, 0.05) is 13.0 Å². The fourth-order valence-corrected chi connectivity index (χ4v) is 6.35. The molecule has 0 bridgehead atoms. The predicted octanol–water partition coefficient (Wildman–Crippen LogP) is 1.44. The van der Waals surface area contributed by atoms with Gasteiger partial charge in [-0.2, -0.15) is 0 Å². The average Bonchev–Trinajstić information content (AvgIpc) is 3.60. The number of carbonyl (C=O) groups is 6. The highest BCUT2D eigenvalue weighted by atomic mass is 16.4. The molecule has 45 heavy (non-hydrogen) atoms. The zero-order valence-electron chi connectivity index (χ0n) is 26.8. The lowest BCUT2D eigenvalue weighted by Crippen LogP contribution is -2.59. The molecule has 7 atom stereocenters. The Hall–Kier alpha value is -3.80. The fourth-order valence-electron chi connectivity index (χ4n) is 6.35. The van der Waals surface area contributed by atoms with Crippen LogP contribution in [0.15, 0.2) is 30.3 Å². The Bertz CT molecular complexity index is 1240. The lowest BCUT2D eigenvalue weighted by atomic mass is 9.92. The van der Waals surface area contributed by atoms with Crippen LogP contribution in [0.4, 0.5) is 0 Å². The number of aliphatic hydroxyl groups is 1. The van der Waals surface area contributed by atoms with Crippen LogP contribution >= 0.6 is 0 Å². The summed E-state index contributed by atoms with van der Waals surface area (Å²) < 4.78 is 0. The number of carboxylic acids is 1. The number of benzene rings is 1. The first kappa shape index (κ1) is 35.7. The van der Waals surface area contributed by atoms with E-state index in [1.54, 1.807) is 65.0 Å². The van der Waals surface area contributed by atoms with Crippen molar-refractivity contribution in [3.8, 4) is 0 Å². The molecule has 2 aliphatic rings. The summed E-state index contributed by atoms with van der Waals surface area (Å²) >= 11 is 0. The molecular formula is C33H48N4O8. The fraction of sp³-hybridized carbons (Fsp3) is 0.636. The Morgan fingerprint density at radius 1 is 0.911 bits per heavy atom. The topological polar surface area (TPSA) is 182 Å². The maximum atomic E-state index is 13.9. The number of rotatable bonds is 15. The molecule has 0 radical (unpaired) electrons. The van der Waals surface area contributed by atoms with E-state index in [-0.39, 0.29) is 36.5 Å². The molecule has 1 saturated heterocycles. The van der Waals surface area contributed by atoms with Crippen molar-refractivity contribution in [1.29, 1.82) is 0 Å². The van der Waals surface area contributed by atoms with Crippen molar-refractivity contribution in [2.75, 3.05) is 6.54 Å². The van der Waals surface area contributed by atoms with Crippen molar-refractivity contribution in [1.82, 2.24) is 20.9 Å². The van der Waals surface area contributed by atoms with Gasteiger partial charge in [-0.15, -0.1) is 0 Å². The first-order valence-corrected chi connectivity index (χ1v) is 16.0. The van der Waals surface area contributed by atoms with E-state index in [1.165, 1.54) is 4.90 Å². The van der Waals surface area contributed by atoms with Crippen molar-refractivity contribution in [2.24, 2.45) is 23.7 Å². The number of nitrogens with zero attached hydrogens (tertiary/aromatic N) is 1. The van der Waals surface area contributed by atoms with Crippen LogP contribution in [0.25, 0.3) is 0 Å². The number of carbonyl (C=O) groups excluding carboxylic acids is 5. The van der Waals surface area contributed by atoms with E-state index >= 15 is 0 Å². The van der Waals surface area contributed by atoms with Gasteiger partial charge in [0.15, 0.2) is 0 Å². The second kappa shape index (κ2) is 16.0. The molecule has 248 valence electrons. The van der Waals surface area contributed by atoms with E-state index < -0.39 is 65.7 Å². The number of hydrogen-bond donors (Lipinski definition) is 5. The van der Waals surface area contributed by atoms with Gasteiger partial charge in [-0.3, -0.25) is 24.0 Å². The van der Waals surface area contributed by atoms with Gasteiger partial charge in [-0.1, -0.05) is 77.8 Å². The summed E-state index contributed by atoms with van der Waals surface area (Å²) in [6.45, 7) is 9.04. The van der Waals surface area contributed by atoms with Crippen molar-refractivity contribution >= 4 is 35.4 Å². The Balaban J connectivity index is 1.78. The SMILES string of the molecule is CCCC(NC(=O)C1[C@H]2CCC[C@H]2CN1C(=O)[C@@H](NC(=O)[C@H](O)C(C)C)C(C)C)C(=O)C(=O)N[C@@H](Cc1ccccc1)C(=O)O. The van der Waals surface area contributed by atoms with Crippen LogP contribution in [0.3, 0.4) is 0 Å². The first-order valence-electron chi connectivity index (χ1n) is 16.0. The molecule has 3 rings (SSSR count). The molecular weight excluding hydrogens is 580 g/mol. The van der Waals surface area contributed by atoms with Gasteiger partial charge in [-0.25, -0.2) is 4.79 Å². The second-order valence-electron chi connectivity index (χ2n) is 13.0. The van der Waals surface area contributed by atoms with Gasteiger partial charge in [0.1, 0.15) is 24.2 Å². The summed E-state index contributed by atoms with van der Waals surface area (Å²) in [5.74, 6) is -5.79. The van der Waals surface area contributed by atoms with Gasteiger partial charge < -0.3 is 31.1 Å². The molecule has 5 N–H and O–H groups in total. The second-order valence-corrected chi connectivity index (χ2v) is 13.0. The number of carboxylic acid groups (broad SMARTS) is 1. The number of aliphatic carboxylic acids is 1. The lowest BCUT2D eigenvalue weighted by molar-refractivity contribution is -0.146. The Morgan fingerprint density at radius 3 is 2.16 bits per heavy atom. The maximum absolute atomic E-state index is 13.9. The molecule has 12 nitrogen and oxygen atoms in total. The summed E-state index contributed by atoms with van der Waals surface area (Å²) in [5, 5.41) is 27.6. The minimum atomic E-state index is -1.35. The van der Waals surface area contributed by atoms with Crippen molar-refractivity contribution < 1.29 is 39.0 Å². The smallest absolute Gasteiger partial charge is 0.326 e. The average molecular weight is 629 g/mol. The Morgan fingerprint density at radius 2 is 1.58 bits per heavy atom. The zero-order valence-corrected chi connectivity index (χ0v) is 26.8. The quantitative estimate of drug-likeness (QED) is 0.181. The van der Waals surface area contributed by atoms with Gasteiger partial charge in [-0.05, 0) is 48.5 Å². The molecule has 12 heteroatoms. The summed E-state index contributed by atoms with van der Waals surface area (Å²) in [4.78, 5) is 80.1. The normalized spacial score (nSPS) is 21.9. The summed E-state index contributed by atoms with van der Waals surface area (Å²) in [6, 6.07) is 4.26. The molecule has 1 aromatic rings. The minimum absolute atomic E-state index is 0.0238. The molecule has 0 aromatic heterocycles. The summed E-state index contributed by atoms with van der Waals surface area (Å²) in [6.07, 6.45) is 1.71. The van der Waals surface area contributed by atoms with Crippen molar-refractivity contribution in [3.05, 3.63) is 35.9 Å².